The second-order valence-electron chi connectivity index (χ2n) is 3.14. The molecule has 1 aliphatic rings. The molecule has 0 spiro atoms. The number of quaternary nitrogens is 1. The Balaban J connectivity index is 2.47. The molecule has 0 aromatic carbocycles. The van der Waals surface area contributed by atoms with E-state index in [1.165, 1.54) is 4.31 Å². The minimum atomic E-state index is -3.33. The van der Waals surface area contributed by atoms with E-state index in [1.54, 1.807) is 0 Å². The number of rotatable bonds is 4. The van der Waals surface area contributed by atoms with Crippen LogP contribution in [-0.4, -0.2) is 38.9 Å². The van der Waals surface area contributed by atoms with E-state index in [9.17, 15) is 8.42 Å². The fraction of sp³-hybridized carbons (Fsp3) is 1.00. The Morgan fingerprint density at radius 2 is 1.85 bits per heavy atom. The van der Waals surface area contributed by atoms with E-state index in [-0.39, 0.29) is 0 Å². The second-order valence-corrected chi connectivity index (χ2v) is 4.81. The summed E-state index contributed by atoms with van der Waals surface area (Å²) < 4.78 is 28.1. The molecule has 0 aromatic heterocycles. The minimum absolute atomic E-state index is 0.304. The number of hydrogen-bond acceptors (Lipinski definition) is 2. The Morgan fingerprint density at radius 3 is 2.38 bits per heavy atom. The molecule has 1 rings (SSSR count). The molecule has 1 aliphatic heterocycles. The predicted molar refractivity (Wildman–Crippen MR) is 50.3 cm³/mol. The molecule has 0 unspecified atom stereocenters. The normalized spacial score (nSPS) is 20.4. The van der Waals surface area contributed by atoms with Crippen molar-refractivity contribution in [2.75, 3.05) is 26.2 Å². The van der Waals surface area contributed by atoms with Gasteiger partial charge in [0.25, 0.3) is 0 Å². The summed E-state index contributed by atoms with van der Waals surface area (Å²) in [6, 6.07) is 0. The predicted octanol–water partition coefficient (Wildman–Crippen LogP) is -0.667. The smallest absolute Gasteiger partial charge is 0.137 e. The van der Waals surface area contributed by atoms with Crippen LogP contribution in [0.15, 0.2) is 0 Å². The summed E-state index contributed by atoms with van der Waals surface area (Å²) in [5.41, 5.74) is 3.56. The van der Waals surface area contributed by atoms with Gasteiger partial charge < -0.3 is 10.5 Å². The minimum Gasteiger partial charge on any atom is -0.531 e. The Morgan fingerprint density at radius 1 is 1.23 bits per heavy atom. The third kappa shape index (κ3) is 3.22. The first kappa shape index (κ1) is 10.9. The highest BCUT2D eigenvalue weighted by molar-refractivity contribution is 7.91. The summed E-state index contributed by atoms with van der Waals surface area (Å²) >= 11 is 0. The lowest BCUT2D eigenvalue weighted by Gasteiger charge is -2.32. The molecule has 1 saturated heterocycles. The van der Waals surface area contributed by atoms with Gasteiger partial charge >= 0.3 is 0 Å². The average Bonchev–Trinajstić information content (AvgIpc) is 2.16. The molecule has 5 nitrogen and oxygen atoms in total. The van der Waals surface area contributed by atoms with E-state index in [1.807, 2.05) is 0 Å². The van der Waals surface area contributed by atoms with E-state index < -0.39 is 10.2 Å². The first-order valence-electron chi connectivity index (χ1n) is 4.65. The Labute approximate surface area is 79.5 Å². The van der Waals surface area contributed by atoms with Crippen LogP contribution in [0.25, 0.3) is 4.72 Å². The van der Waals surface area contributed by atoms with Crippen molar-refractivity contribution in [3.8, 4) is 0 Å². The van der Waals surface area contributed by atoms with E-state index in [2.05, 4.69) is 10.5 Å². The number of hydrogen-bond donors (Lipinski definition) is 1. The zero-order valence-corrected chi connectivity index (χ0v) is 8.59. The highest BCUT2D eigenvalue weighted by Crippen LogP contribution is 2.16. The Bertz CT molecular complexity index is 234. The topological polar surface area (TPSA) is 79.1 Å². The largest absolute Gasteiger partial charge is 0.531 e. The van der Waals surface area contributed by atoms with Crippen LogP contribution < -0.4 is 5.73 Å². The van der Waals surface area contributed by atoms with Crippen molar-refractivity contribution >= 4 is 10.2 Å². The van der Waals surface area contributed by atoms with Gasteiger partial charge in [-0.3, -0.25) is 0 Å². The van der Waals surface area contributed by atoms with Crippen LogP contribution in [0.2, 0.25) is 0 Å². The van der Waals surface area contributed by atoms with Crippen molar-refractivity contribution in [3.63, 3.8) is 0 Å². The van der Waals surface area contributed by atoms with Gasteiger partial charge in [0.2, 0.25) is 0 Å². The molecule has 0 bridgehead atoms. The Hall–Kier alpha value is -0.170. The van der Waals surface area contributed by atoms with Crippen LogP contribution in [0.5, 0.6) is 0 Å². The quantitative estimate of drug-likeness (QED) is 0.663. The monoisotopic (exact) mass is 207 g/mol. The van der Waals surface area contributed by atoms with E-state index in [0.717, 1.165) is 19.3 Å². The summed E-state index contributed by atoms with van der Waals surface area (Å²) in [6.07, 6.45) is 3.04. The molecular weight excluding hydrogens is 190 g/mol. The molecule has 13 heavy (non-hydrogen) atoms. The van der Waals surface area contributed by atoms with Crippen molar-refractivity contribution in [1.82, 2.24) is 4.31 Å². The molecular formula is C7H17N3O2S. The van der Waals surface area contributed by atoms with Crippen LogP contribution in [-0.2, 0) is 10.2 Å². The summed E-state index contributed by atoms with van der Waals surface area (Å²) in [4.78, 5) is 0. The third-order valence-corrected chi connectivity index (χ3v) is 3.58. The summed E-state index contributed by atoms with van der Waals surface area (Å²) in [6.45, 7) is 2.10. The third-order valence-electron chi connectivity index (χ3n) is 2.05. The maximum atomic E-state index is 11.5. The zero-order chi connectivity index (χ0) is 9.73. The molecule has 0 amide bonds. The van der Waals surface area contributed by atoms with Crippen LogP contribution in [0.4, 0.5) is 0 Å². The maximum absolute atomic E-state index is 11.5. The molecule has 3 N–H and O–H groups in total. The number of piperidine rings is 1. The standard InChI is InChI=1S/C7H16N3O2S/c8-4-5-9-13(11,12)10-6-2-1-3-7-10/h1-8H2/q-1/p+1. The SMILES string of the molecule is [NH3+]CC[N-]S(=O)(=O)N1CCCCC1. The van der Waals surface area contributed by atoms with Crippen LogP contribution >= 0.6 is 0 Å². The lowest BCUT2D eigenvalue weighted by molar-refractivity contribution is -0.362. The van der Waals surface area contributed by atoms with Crippen molar-refractivity contribution in [2.45, 2.75) is 19.3 Å². The molecule has 1 heterocycles. The van der Waals surface area contributed by atoms with Crippen molar-refractivity contribution in [2.24, 2.45) is 0 Å². The molecule has 0 atom stereocenters. The average molecular weight is 207 g/mol. The molecule has 78 valence electrons. The molecule has 6 heteroatoms. The first-order valence-corrected chi connectivity index (χ1v) is 6.04. The highest BCUT2D eigenvalue weighted by atomic mass is 32.2. The second kappa shape index (κ2) is 4.90. The maximum Gasteiger partial charge on any atom is 0.137 e. The summed E-state index contributed by atoms with van der Waals surface area (Å²) in [7, 11) is -3.33. The van der Waals surface area contributed by atoms with Crippen molar-refractivity contribution in [3.05, 3.63) is 4.72 Å². The molecule has 0 aliphatic carbocycles. The molecule has 0 saturated carbocycles. The fourth-order valence-corrected chi connectivity index (χ4v) is 2.60. The van der Waals surface area contributed by atoms with Crippen LogP contribution in [0, 0.1) is 0 Å². The molecule has 1 fully saturated rings. The highest BCUT2D eigenvalue weighted by Gasteiger charge is 2.16. The van der Waals surface area contributed by atoms with Gasteiger partial charge in [-0.1, -0.05) is 13.0 Å². The van der Waals surface area contributed by atoms with Crippen LogP contribution in [0.1, 0.15) is 19.3 Å². The van der Waals surface area contributed by atoms with Crippen molar-refractivity contribution in [1.29, 1.82) is 0 Å². The molecule has 0 radical (unpaired) electrons. The van der Waals surface area contributed by atoms with Gasteiger partial charge in [0.15, 0.2) is 0 Å². The van der Waals surface area contributed by atoms with Gasteiger partial charge in [0.1, 0.15) is 10.2 Å². The fourth-order valence-electron chi connectivity index (χ4n) is 1.36. The van der Waals surface area contributed by atoms with Gasteiger partial charge in [-0.05, 0) is 12.8 Å². The number of nitrogens with zero attached hydrogens (tertiary/aromatic N) is 2. The van der Waals surface area contributed by atoms with Crippen molar-refractivity contribution < 1.29 is 14.2 Å². The summed E-state index contributed by atoms with van der Waals surface area (Å²) in [5, 5.41) is 0. The van der Waals surface area contributed by atoms with Gasteiger partial charge in [0.05, 0.1) is 6.54 Å². The van der Waals surface area contributed by atoms with E-state index in [4.69, 9.17) is 0 Å². The van der Waals surface area contributed by atoms with E-state index in [0.29, 0.717) is 26.2 Å². The zero-order valence-electron chi connectivity index (χ0n) is 7.78. The van der Waals surface area contributed by atoms with Crippen LogP contribution in [0.3, 0.4) is 0 Å². The van der Waals surface area contributed by atoms with Gasteiger partial charge in [-0.15, -0.1) is 0 Å². The van der Waals surface area contributed by atoms with Gasteiger partial charge in [0, 0.05) is 13.1 Å². The lowest BCUT2D eigenvalue weighted by atomic mass is 10.2. The van der Waals surface area contributed by atoms with Gasteiger partial charge in [-0.2, -0.15) is 0 Å². The van der Waals surface area contributed by atoms with Gasteiger partial charge in [-0.25, -0.2) is 12.7 Å². The molecule has 0 aromatic rings. The summed E-state index contributed by atoms with van der Waals surface area (Å²) in [5.74, 6) is 0. The van der Waals surface area contributed by atoms with E-state index >= 15 is 0 Å². The first-order chi connectivity index (χ1) is 6.17. The Kier molecular flexibility index (Phi) is 4.11. The lowest BCUT2D eigenvalue weighted by Crippen LogP contribution is -2.52.